The lowest BCUT2D eigenvalue weighted by Crippen LogP contribution is -2.13. The van der Waals surface area contributed by atoms with Gasteiger partial charge >= 0.3 is 0 Å². The van der Waals surface area contributed by atoms with E-state index in [0.29, 0.717) is 23.2 Å². The number of rotatable bonds is 6. The lowest BCUT2D eigenvalue weighted by Gasteiger charge is -2.09. The van der Waals surface area contributed by atoms with Crippen molar-refractivity contribution < 1.29 is 27.9 Å². The molecule has 0 aliphatic carbocycles. The molecule has 1 aromatic carbocycles. The first-order valence-electron chi connectivity index (χ1n) is 9.28. The smallest absolute Gasteiger partial charge is 0.257 e. The highest BCUT2D eigenvalue weighted by Gasteiger charge is 2.21. The average Bonchev–Trinajstić information content (AvgIpc) is 3.39. The van der Waals surface area contributed by atoms with E-state index >= 15 is 4.39 Å². The number of aldehydes is 1. The van der Waals surface area contributed by atoms with Gasteiger partial charge in [0.2, 0.25) is 0 Å². The zero-order valence-electron chi connectivity index (χ0n) is 16.6. The summed E-state index contributed by atoms with van der Waals surface area (Å²) < 4.78 is 27.1. The van der Waals surface area contributed by atoms with E-state index in [2.05, 4.69) is 5.32 Å². The Labute approximate surface area is 176 Å². The standard InChI is InChI=1S/C23H17FN2O5/c1-13(28)19-11-17(20-10-14(30-2)8-9-26(19)20)23(29)25-18-5-3-4-16(22(18)24)21-7-6-15(12-27)31-21/h3-12H,1-2H3,(H,25,29). The first kappa shape index (κ1) is 20.1. The number of amides is 1. The van der Waals surface area contributed by atoms with E-state index in [9.17, 15) is 14.4 Å². The minimum absolute atomic E-state index is 0.0647. The van der Waals surface area contributed by atoms with Gasteiger partial charge in [-0.2, -0.15) is 0 Å². The first-order valence-corrected chi connectivity index (χ1v) is 9.28. The number of nitrogens with one attached hydrogen (secondary N) is 1. The van der Waals surface area contributed by atoms with Crippen molar-refractivity contribution in [2.45, 2.75) is 6.92 Å². The predicted octanol–water partition coefficient (Wildman–Crippen LogP) is 4.61. The van der Waals surface area contributed by atoms with Gasteiger partial charge in [-0.15, -0.1) is 0 Å². The van der Waals surface area contributed by atoms with Gasteiger partial charge in [0, 0.05) is 19.2 Å². The molecule has 31 heavy (non-hydrogen) atoms. The predicted molar refractivity (Wildman–Crippen MR) is 111 cm³/mol. The maximum Gasteiger partial charge on any atom is 0.257 e. The number of Topliss-reactive ketones (excluding diaryl/α,β-unsaturated/α-hetero) is 1. The van der Waals surface area contributed by atoms with Crippen molar-refractivity contribution in [3.05, 3.63) is 77.6 Å². The number of pyridine rings is 1. The molecule has 1 amide bonds. The monoisotopic (exact) mass is 420 g/mol. The number of ketones is 1. The van der Waals surface area contributed by atoms with E-state index in [1.807, 2.05) is 0 Å². The molecule has 0 unspecified atom stereocenters. The first-order chi connectivity index (χ1) is 14.9. The summed E-state index contributed by atoms with van der Waals surface area (Å²) >= 11 is 0. The number of fused-ring (bicyclic) bond motifs is 1. The van der Waals surface area contributed by atoms with Gasteiger partial charge in [0.1, 0.15) is 11.5 Å². The maximum absolute atomic E-state index is 15.1. The highest BCUT2D eigenvalue weighted by atomic mass is 19.1. The summed E-state index contributed by atoms with van der Waals surface area (Å²) in [6.07, 6.45) is 2.15. The third-order valence-corrected chi connectivity index (χ3v) is 4.84. The molecular weight excluding hydrogens is 403 g/mol. The molecule has 0 fully saturated rings. The molecule has 0 aliphatic heterocycles. The van der Waals surface area contributed by atoms with Crippen LogP contribution in [0.4, 0.5) is 10.1 Å². The van der Waals surface area contributed by atoms with Crippen LogP contribution in [0.5, 0.6) is 5.75 Å². The molecule has 4 aromatic rings. The van der Waals surface area contributed by atoms with E-state index in [-0.39, 0.29) is 34.1 Å². The van der Waals surface area contributed by atoms with Crippen LogP contribution in [0.25, 0.3) is 16.8 Å². The summed E-state index contributed by atoms with van der Waals surface area (Å²) in [5, 5.41) is 2.55. The van der Waals surface area contributed by atoms with Gasteiger partial charge in [0.05, 0.1) is 35.1 Å². The lowest BCUT2D eigenvalue weighted by atomic mass is 10.1. The van der Waals surface area contributed by atoms with E-state index in [1.54, 1.807) is 28.8 Å². The summed E-state index contributed by atoms with van der Waals surface area (Å²) in [4.78, 5) is 35.8. The van der Waals surface area contributed by atoms with Crippen LogP contribution in [0.3, 0.4) is 0 Å². The molecule has 0 bridgehead atoms. The number of hydrogen-bond donors (Lipinski definition) is 1. The third-order valence-electron chi connectivity index (χ3n) is 4.84. The van der Waals surface area contributed by atoms with E-state index in [0.717, 1.165) is 0 Å². The van der Waals surface area contributed by atoms with Crippen LogP contribution in [0.2, 0.25) is 0 Å². The normalized spacial score (nSPS) is 10.8. The number of carbonyl (C=O) groups is 3. The number of nitrogens with zero attached hydrogens (tertiary/aromatic N) is 1. The zero-order valence-corrected chi connectivity index (χ0v) is 16.6. The fourth-order valence-corrected chi connectivity index (χ4v) is 3.33. The average molecular weight is 420 g/mol. The minimum atomic E-state index is -0.712. The molecule has 0 aliphatic rings. The number of hydrogen-bond acceptors (Lipinski definition) is 5. The second kappa shape index (κ2) is 7.91. The number of carbonyl (C=O) groups excluding carboxylic acids is 3. The molecule has 1 N–H and O–H groups in total. The summed E-state index contributed by atoms with van der Waals surface area (Å²) in [5.74, 6) is -0.802. The molecule has 3 heterocycles. The molecular formula is C23H17FN2O5. The second-order valence-corrected chi connectivity index (χ2v) is 6.76. The van der Waals surface area contributed by atoms with Gasteiger partial charge in [-0.25, -0.2) is 4.39 Å². The molecule has 0 saturated heterocycles. The second-order valence-electron chi connectivity index (χ2n) is 6.76. The fraction of sp³-hybridized carbons (Fsp3) is 0.0870. The van der Waals surface area contributed by atoms with Crippen molar-refractivity contribution in [3.8, 4) is 17.1 Å². The van der Waals surface area contributed by atoms with Gasteiger partial charge in [-0.05, 0) is 36.4 Å². The van der Waals surface area contributed by atoms with Crippen molar-refractivity contribution >= 4 is 29.2 Å². The number of benzene rings is 1. The summed E-state index contributed by atoms with van der Waals surface area (Å²) in [5.41, 5.74) is 0.973. The van der Waals surface area contributed by atoms with Crippen molar-refractivity contribution in [1.82, 2.24) is 4.40 Å². The summed E-state index contributed by atoms with van der Waals surface area (Å²) in [6.45, 7) is 1.40. The van der Waals surface area contributed by atoms with Gasteiger partial charge in [0.25, 0.3) is 5.91 Å². The van der Waals surface area contributed by atoms with Crippen LogP contribution < -0.4 is 10.1 Å². The van der Waals surface area contributed by atoms with Crippen molar-refractivity contribution in [2.75, 3.05) is 12.4 Å². The van der Waals surface area contributed by atoms with Crippen LogP contribution in [0, 0.1) is 5.82 Å². The fourth-order valence-electron chi connectivity index (χ4n) is 3.33. The van der Waals surface area contributed by atoms with Crippen LogP contribution >= 0.6 is 0 Å². The van der Waals surface area contributed by atoms with E-state index < -0.39 is 11.7 Å². The quantitative estimate of drug-likeness (QED) is 0.363. The summed E-state index contributed by atoms with van der Waals surface area (Å²) in [6, 6.07) is 12.1. The van der Waals surface area contributed by atoms with Gasteiger partial charge < -0.3 is 18.9 Å². The van der Waals surface area contributed by atoms with Crippen molar-refractivity contribution in [1.29, 1.82) is 0 Å². The minimum Gasteiger partial charge on any atom is -0.497 e. The number of furan rings is 1. The van der Waals surface area contributed by atoms with Crippen LogP contribution in [-0.2, 0) is 0 Å². The van der Waals surface area contributed by atoms with Crippen molar-refractivity contribution in [2.24, 2.45) is 0 Å². The van der Waals surface area contributed by atoms with E-state index in [4.69, 9.17) is 9.15 Å². The molecule has 0 radical (unpaired) electrons. The molecule has 0 spiro atoms. The molecule has 156 valence electrons. The van der Waals surface area contributed by atoms with Gasteiger partial charge in [0.15, 0.2) is 23.6 Å². The molecule has 7 nitrogen and oxygen atoms in total. The summed E-state index contributed by atoms with van der Waals surface area (Å²) in [7, 11) is 1.49. The Morgan fingerprint density at radius 3 is 2.65 bits per heavy atom. The van der Waals surface area contributed by atoms with E-state index in [1.165, 1.54) is 44.4 Å². The largest absolute Gasteiger partial charge is 0.497 e. The zero-order chi connectivity index (χ0) is 22.1. The Balaban J connectivity index is 1.73. The van der Waals surface area contributed by atoms with Crippen molar-refractivity contribution in [3.63, 3.8) is 0 Å². The van der Waals surface area contributed by atoms with Crippen LogP contribution in [-0.4, -0.2) is 29.5 Å². The molecule has 8 heteroatoms. The number of ether oxygens (including phenoxy) is 1. The number of methoxy groups -OCH3 is 1. The van der Waals surface area contributed by atoms with Gasteiger partial charge in [-0.1, -0.05) is 6.07 Å². The van der Waals surface area contributed by atoms with Gasteiger partial charge in [-0.3, -0.25) is 14.4 Å². The Hall–Kier alpha value is -4.20. The molecule has 3 aromatic heterocycles. The number of anilines is 1. The topological polar surface area (TPSA) is 90.0 Å². The van der Waals surface area contributed by atoms with Crippen LogP contribution in [0.15, 0.2) is 59.1 Å². The highest BCUT2D eigenvalue weighted by Crippen LogP contribution is 2.30. The molecule has 0 atom stereocenters. The Morgan fingerprint density at radius 2 is 1.97 bits per heavy atom. The maximum atomic E-state index is 15.1. The molecule has 0 saturated carbocycles. The lowest BCUT2D eigenvalue weighted by molar-refractivity contribution is 0.101. The number of aromatic nitrogens is 1. The third kappa shape index (κ3) is 3.59. The molecule has 4 rings (SSSR count). The number of halogens is 1. The Morgan fingerprint density at radius 1 is 1.16 bits per heavy atom. The Bertz CT molecular complexity index is 1340. The highest BCUT2D eigenvalue weighted by molar-refractivity contribution is 6.11. The van der Waals surface area contributed by atoms with Crippen LogP contribution in [0.1, 0.15) is 38.3 Å². The Kier molecular flexibility index (Phi) is 5.12. The SMILES string of the molecule is COc1ccn2c(C(C)=O)cc(C(=O)Nc3cccc(-c4ccc(C=O)o4)c3F)c2c1.